The minimum Gasteiger partial charge on any atom is -0.465 e. The van der Waals surface area contributed by atoms with E-state index in [4.69, 9.17) is 4.74 Å². The number of ether oxygens (including phenoxy) is 1. The van der Waals surface area contributed by atoms with E-state index in [0.717, 1.165) is 21.5 Å². The van der Waals surface area contributed by atoms with Crippen LogP contribution in [-0.4, -0.2) is 24.2 Å². The smallest absolute Gasteiger partial charge is 0.316 e. The van der Waals surface area contributed by atoms with E-state index in [2.05, 4.69) is 11.4 Å². The fourth-order valence-electron chi connectivity index (χ4n) is 2.15. The van der Waals surface area contributed by atoms with Gasteiger partial charge in [0.2, 0.25) is 5.91 Å². The van der Waals surface area contributed by atoms with Crippen molar-refractivity contribution in [3.8, 4) is 6.07 Å². The van der Waals surface area contributed by atoms with E-state index in [0.29, 0.717) is 17.2 Å². The molecule has 0 saturated heterocycles. The fourth-order valence-corrected chi connectivity index (χ4v) is 4.01. The molecular formula is C15H16N2O3S2. The molecular weight excluding hydrogens is 320 g/mol. The van der Waals surface area contributed by atoms with Crippen molar-refractivity contribution >= 4 is 35.0 Å². The Morgan fingerprint density at radius 2 is 2.36 bits per heavy atom. The summed E-state index contributed by atoms with van der Waals surface area (Å²) in [4.78, 5) is 25.5. The Bertz CT molecular complexity index is 658. The zero-order chi connectivity index (χ0) is 16.1. The van der Waals surface area contributed by atoms with Gasteiger partial charge in [0.15, 0.2) is 0 Å². The molecule has 2 rings (SSSR count). The van der Waals surface area contributed by atoms with Crippen molar-refractivity contribution < 1.29 is 14.3 Å². The van der Waals surface area contributed by atoms with Gasteiger partial charge in [-0.15, -0.1) is 11.3 Å². The number of nitrogens with zero attached hydrogens (tertiary/aromatic N) is 1. The molecule has 1 aromatic heterocycles. The minimum atomic E-state index is -0.361. The Kier molecular flexibility index (Phi) is 5.63. The van der Waals surface area contributed by atoms with E-state index in [1.807, 2.05) is 19.1 Å². The molecule has 22 heavy (non-hydrogen) atoms. The van der Waals surface area contributed by atoms with Crippen molar-refractivity contribution in [2.75, 3.05) is 12.4 Å². The van der Waals surface area contributed by atoms with Crippen LogP contribution < -0.4 is 5.32 Å². The van der Waals surface area contributed by atoms with Gasteiger partial charge in [-0.2, -0.15) is 5.26 Å². The van der Waals surface area contributed by atoms with Crippen LogP contribution >= 0.6 is 23.1 Å². The monoisotopic (exact) mass is 336 g/mol. The Morgan fingerprint density at radius 1 is 1.59 bits per heavy atom. The van der Waals surface area contributed by atoms with Crippen LogP contribution in [0.3, 0.4) is 0 Å². The molecule has 1 aliphatic heterocycles. The molecule has 0 fully saturated rings. The predicted octanol–water partition coefficient (Wildman–Crippen LogP) is 2.69. The topological polar surface area (TPSA) is 79.2 Å². The molecule has 116 valence electrons. The van der Waals surface area contributed by atoms with Crippen LogP contribution in [-0.2, 0) is 14.3 Å². The normalized spacial score (nSPS) is 17.9. The number of thioether (sulfide) groups is 1. The van der Waals surface area contributed by atoms with E-state index in [1.54, 1.807) is 18.3 Å². The molecule has 0 aromatic carbocycles. The Hall–Kier alpha value is -1.78. The number of hydrogen-bond donors (Lipinski definition) is 1. The zero-order valence-electron chi connectivity index (χ0n) is 12.3. The Morgan fingerprint density at radius 3 is 2.95 bits per heavy atom. The number of carbonyl (C=O) groups is 2. The first-order valence-corrected chi connectivity index (χ1v) is 8.64. The second-order valence-electron chi connectivity index (χ2n) is 4.70. The summed E-state index contributed by atoms with van der Waals surface area (Å²) in [6.07, 6.45) is 0.256. The van der Waals surface area contributed by atoms with Crippen molar-refractivity contribution in [1.29, 1.82) is 5.26 Å². The molecule has 1 amide bonds. The number of thiophene rings is 1. The van der Waals surface area contributed by atoms with Gasteiger partial charge < -0.3 is 10.1 Å². The molecule has 0 radical (unpaired) electrons. The number of nitriles is 1. The number of nitrogens with one attached hydrogen (secondary N) is 1. The van der Waals surface area contributed by atoms with Crippen LogP contribution in [0.4, 0.5) is 0 Å². The van der Waals surface area contributed by atoms with Gasteiger partial charge in [0.1, 0.15) is 0 Å². The van der Waals surface area contributed by atoms with Crippen LogP contribution in [0, 0.1) is 18.3 Å². The number of esters is 1. The number of amides is 1. The third-order valence-corrected chi connectivity index (χ3v) is 5.21. The lowest BCUT2D eigenvalue weighted by atomic mass is 9.92. The number of allylic oxidation sites excluding steroid dienone is 1. The van der Waals surface area contributed by atoms with Crippen LogP contribution in [0.15, 0.2) is 22.7 Å². The molecule has 0 aliphatic carbocycles. The van der Waals surface area contributed by atoms with E-state index in [-0.39, 0.29) is 30.0 Å². The highest BCUT2D eigenvalue weighted by molar-refractivity contribution is 8.03. The van der Waals surface area contributed by atoms with Crippen LogP contribution in [0.25, 0.3) is 0 Å². The molecule has 1 unspecified atom stereocenters. The van der Waals surface area contributed by atoms with Gasteiger partial charge in [-0.25, -0.2) is 0 Å². The highest BCUT2D eigenvalue weighted by Crippen LogP contribution is 2.38. The van der Waals surface area contributed by atoms with Crippen molar-refractivity contribution in [2.45, 2.75) is 26.2 Å². The Balaban J connectivity index is 2.24. The summed E-state index contributed by atoms with van der Waals surface area (Å²) in [6.45, 7) is 4.04. The van der Waals surface area contributed by atoms with Gasteiger partial charge in [-0.05, 0) is 26.0 Å². The minimum absolute atomic E-state index is 0.0742. The lowest BCUT2D eigenvalue weighted by Crippen LogP contribution is -2.31. The largest absolute Gasteiger partial charge is 0.465 e. The molecule has 5 nitrogen and oxygen atoms in total. The average Bonchev–Trinajstić information content (AvgIpc) is 2.91. The maximum Gasteiger partial charge on any atom is 0.316 e. The molecule has 1 aromatic rings. The number of carbonyl (C=O) groups excluding carboxylic acids is 2. The van der Waals surface area contributed by atoms with Gasteiger partial charge >= 0.3 is 5.97 Å². The zero-order valence-corrected chi connectivity index (χ0v) is 14.0. The average molecular weight is 336 g/mol. The van der Waals surface area contributed by atoms with Crippen molar-refractivity contribution in [3.63, 3.8) is 0 Å². The van der Waals surface area contributed by atoms with Gasteiger partial charge in [0.25, 0.3) is 0 Å². The second kappa shape index (κ2) is 7.47. The maximum absolute atomic E-state index is 11.9. The van der Waals surface area contributed by atoms with E-state index in [1.165, 1.54) is 0 Å². The van der Waals surface area contributed by atoms with Crippen LogP contribution in [0.1, 0.15) is 29.0 Å². The summed E-state index contributed by atoms with van der Waals surface area (Å²) >= 11 is 2.73. The highest BCUT2D eigenvalue weighted by atomic mass is 32.2. The first kappa shape index (κ1) is 16.6. The van der Waals surface area contributed by atoms with Gasteiger partial charge in [-0.1, -0.05) is 11.8 Å². The van der Waals surface area contributed by atoms with Crippen molar-refractivity contribution in [2.24, 2.45) is 0 Å². The number of hydrogen-bond acceptors (Lipinski definition) is 6. The summed E-state index contributed by atoms with van der Waals surface area (Å²) in [5.74, 6) is -0.658. The maximum atomic E-state index is 11.9. The lowest BCUT2D eigenvalue weighted by Gasteiger charge is -2.23. The standard InChI is InChI=1S/C15H16N2O3S2/c1-3-20-14(19)8-21-15-11(7-16)10(6-13(18)17-15)12-5-4-9(2)22-12/h4-5,10H,3,6,8H2,1-2H3,(H,17,18). The summed E-state index contributed by atoms with van der Waals surface area (Å²) < 4.78 is 4.87. The van der Waals surface area contributed by atoms with Crippen LogP contribution in [0.5, 0.6) is 0 Å². The summed E-state index contributed by atoms with van der Waals surface area (Å²) in [6, 6.07) is 6.12. The summed E-state index contributed by atoms with van der Waals surface area (Å²) in [5, 5.41) is 12.6. The van der Waals surface area contributed by atoms with E-state index < -0.39 is 0 Å². The highest BCUT2D eigenvalue weighted by Gasteiger charge is 2.30. The van der Waals surface area contributed by atoms with E-state index in [9.17, 15) is 14.9 Å². The fraction of sp³-hybridized carbons (Fsp3) is 0.400. The molecule has 1 aliphatic rings. The number of aryl methyl sites for hydroxylation is 1. The molecule has 0 saturated carbocycles. The van der Waals surface area contributed by atoms with Crippen molar-refractivity contribution in [1.82, 2.24) is 5.32 Å². The summed E-state index contributed by atoms with van der Waals surface area (Å²) in [7, 11) is 0. The third-order valence-electron chi connectivity index (χ3n) is 3.10. The third kappa shape index (κ3) is 3.90. The molecule has 2 heterocycles. The summed E-state index contributed by atoms with van der Waals surface area (Å²) in [5.41, 5.74) is 0.510. The van der Waals surface area contributed by atoms with Crippen LogP contribution in [0.2, 0.25) is 0 Å². The van der Waals surface area contributed by atoms with Gasteiger partial charge in [-0.3, -0.25) is 9.59 Å². The molecule has 0 spiro atoms. The Labute approximate surface area is 137 Å². The SMILES string of the molecule is CCOC(=O)CSC1=C(C#N)C(c2ccc(C)s2)CC(=O)N1. The molecule has 7 heteroatoms. The quantitative estimate of drug-likeness (QED) is 0.836. The van der Waals surface area contributed by atoms with Gasteiger partial charge in [0, 0.05) is 22.1 Å². The van der Waals surface area contributed by atoms with E-state index >= 15 is 0 Å². The van der Waals surface area contributed by atoms with Gasteiger partial charge in [0.05, 0.1) is 29.0 Å². The predicted molar refractivity (Wildman–Crippen MR) is 86.3 cm³/mol. The second-order valence-corrected chi connectivity index (χ2v) is 7.01. The molecule has 1 N–H and O–H groups in total. The first-order valence-electron chi connectivity index (χ1n) is 6.84. The first-order chi connectivity index (χ1) is 10.5. The lowest BCUT2D eigenvalue weighted by molar-refractivity contribution is -0.139. The molecule has 0 bridgehead atoms. The molecule has 1 atom stereocenters. The number of rotatable bonds is 5. The van der Waals surface area contributed by atoms with Crippen molar-refractivity contribution in [3.05, 3.63) is 32.5 Å².